The fourth-order valence-electron chi connectivity index (χ4n) is 0.921. The molecule has 0 heterocycles. The number of rotatable bonds is 9. The van der Waals surface area contributed by atoms with Gasteiger partial charge in [-0.2, -0.15) is 0 Å². The van der Waals surface area contributed by atoms with E-state index in [1.807, 2.05) is 13.8 Å². The van der Waals surface area contributed by atoms with Gasteiger partial charge in [0.25, 0.3) is 6.43 Å². The predicted molar refractivity (Wildman–Crippen MR) is 53.6 cm³/mol. The van der Waals surface area contributed by atoms with Crippen molar-refractivity contribution in [1.82, 2.24) is 5.43 Å². The van der Waals surface area contributed by atoms with E-state index in [1.54, 1.807) is 0 Å². The second-order valence-electron chi connectivity index (χ2n) is 3.50. The maximum Gasteiger partial charge on any atom is 0.261 e. The van der Waals surface area contributed by atoms with Gasteiger partial charge in [0.05, 0.1) is 12.7 Å². The van der Waals surface area contributed by atoms with E-state index in [1.165, 1.54) is 0 Å². The van der Waals surface area contributed by atoms with Gasteiger partial charge in [0.2, 0.25) is 0 Å². The highest BCUT2D eigenvalue weighted by molar-refractivity contribution is 4.62. The molecule has 92 valence electrons. The molecule has 0 aliphatic heterocycles. The van der Waals surface area contributed by atoms with Crippen molar-refractivity contribution in [3.8, 4) is 0 Å². The lowest BCUT2D eigenvalue weighted by molar-refractivity contribution is 0.00693. The molecule has 3 N–H and O–H groups in total. The molecule has 0 rings (SSSR count). The normalized spacial score (nSPS) is 13.8. The Morgan fingerprint density at radius 1 is 1.27 bits per heavy atom. The van der Waals surface area contributed by atoms with E-state index in [9.17, 15) is 8.78 Å². The van der Waals surface area contributed by atoms with Gasteiger partial charge in [0.1, 0.15) is 6.61 Å². The van der Waals surface area contributed by atoms with Crippen molar-refractivity contribution in [2.45, 2.75) is 38.8 Å². The van der Waals surface area contributed by atoms with Gasteiger partial charge >= 0.3 is 0 Å². The molecule has 0 amide bonds. The van der Waals surface area contributed by atoms with Gasteiger partial charge in [-0.05, 0) is 20.3 Å². The minimum Gasteiger partial charge on any atom is -0.377 e. The third-order valence-corrected chi connectivity index (χ3v) is 1.72. The fraction of sp³-hybridized carbons (Fsp3) is 1.00. The van der Waals surface area contributed by atoms with Gasteiger partial charge < -0.3 is 9.47 Å². The Morgan fingerprint density at radius 3 is 2.40 bits per heavy atom. The Hall–Kier alpha value is -0.300. The minimum atomic E-state index is -2.42. The number of alkyl halides is 2. The lowest BCUT2D eigenvalue weighted by atomic mass is 10.2. The van der Waals surface area contributed by atoms with Crippen LogP contribution < -0.4 is 11.3 Å². The van der Waals surface area contributed by atoms with Gasteiger partial charge in [-0.25, -0.2) is 8.78 Å². The first-order chi connectivity index (χ1) is 7.06. The summed E-state index contributed by atoms with van der Waals surface area (Å²) < 4.78 is 33.5. The molecule has 0 saturated heterocycles. The van der Waals surface area contributed by atoms with Gasteiger partial charge in [-0.3, -0.25) is 11.3 Å². The van der Waals surface area contributed by atoms with Gasteiger partial charge in [-0.1, -0.05) is 0 Å². The van der Waals surface area contributed by atoms with Crippen molar-refractivity contribution in [2.24, 2.45) is 5.84 Å². The molecule has 0 bridgehead atoms. The van der Waals surface area contributed by atoms with Crippen molar-refractivity contribution in [3.05, 3.63) is 0 Å². The van der Waals surface area contributed by atoms with Crippen molar-refractivity contribution in [1.29, 1.82) is 0 Å². The number of hydrogen-bond acceptors (Lipinski definition) is 4. The van der Waals surface area contributed by atoms with Crippen LogP contribution >= 0.6 is 0 Å². The van der Waals surface area contributed by atoms with Crippen LogP contribution in [-0.4, -0.2) is 38.4 Å². The maximum atomic E-state index is 11.7. The van der Waals surface area contributed by atoms with Crippen LogP contribution in [0.4, 0.5) is 8.78 Å². The molecule has 6 heteroatoms. The summed E-state index contributed by atoms with van der Waals surface area (Å²) in [5, 5.41) is 0. The Bertz CT molecular complexity index is 148. The van der Waals surface area contributed by atoms with Crippen LogP contribution in [0.2, 0.25) is 0 Å². The van der Waals surface area contributed by atoms with Crippen LogP contribution in [0.3, 0.4) is 0 Å². The zero-order valence-corrected chi connectivity index (χ0v) is 9.21. The number of halogens is 2. The molecular formula is C9H20F2N2O2. The van der Waals surface area contributed by atoms with Gasteiger partial charge in [0, 0.05) is 12.6 Å². The lowest BCUT2D eigenvalue weighted by Crippen LogP contribution is -2.40. The molecule has 0 aliphatic carbocycles. The van der Waals surface area contributed by atoms with E-state index in [-0.39, 0.29) is 18.8 Å². The summed E-state index contributed by atoms with van der Waals surface area (Å²) in [7, 11) is 0. The largest absolute Gasteiger partial charge is 0.377 e. The molecule has 0 aromatic carbocycles. The topological polar surface area (TPSA) is 56.5 Å². The molecule has 0 saturated carbocycles. The van der Waals surface area contributed by atoms with Gasteiger partial charge in [-0.15, -0.1) is 0 Å². The quantitative estimate of drug-likeness (QED) is 0.348. The Morgan fingerprint density at radius 2 is 1.93 bits per heavy atom. The highest BCUT2D eigenvalue weighted by Gasteiger charge is 2.08. The smallest absolute Gasteiger partial charge is 0.261 e. The molecule has 1 unspecified atom stereocenters. The molecule has 0 spiro atoms. The number of hydrogen-bond donors (Lipinski definition) is 2. The third kappa shape index (κ3) is 9.99. The van der Waals surface area contributed by atoms with Crippen LogP contribution in [0, 0.1) is 0 Å². The predicted octanol–water partition coefficient (Wildman–Crippen LogP) is 0.915. The SMILES string of the molecule is CC(C)OCC(CCOCC(F)F)NN. The third-order valence-electron chi connectivity index (χ3n) is 1.72. The number of hydrazine groups is 1. The first-order valence-corrected chi connectivity index (χ1v) is 4.99. The Balaban J connectivity index is 3.44. The zero-order chi connectivity index (χ0) is 11.7. The molecule has 0 aromatic heterocycles. The van der Waals surface area contributed by atoms with E-state index in [4.69, 9.17) is 15.3 Å². The summed E-state index contributed by atoms with van der Waals surface area (Å²) in [6.07, 6.45) is -1.74. The van der Waals surface area contributed by atoms with E-state index in [0.717, 1.165) is 0 Å². The molecule has 0 fully saturated rings. The lowest BCUT2D eigenvalue weighted by Gasteiger charge is -2.17. The van der Waals surface area contributed by atoms with E-state index >= 15 is 0 Å². The summed E-state index contributed by atoms with van der Waals surface area (Å²) in [4.78, 5) is 0. The zero-order valence-electron chi connectivity index (χ0n) is 9.21. The number of nitrogens with two attached hydrogens (primary N) is 1. The fourth-order valence-corrected chi connectivity index (χ4v) is 0.921. The molecule has 4 nitrogen and oxygen atoms in total. The average Bonchev–Trinajstić information content (AvgIpc) is 2.16. The highest BCUT2D eigenvalue weighted by Crippen LogP contribution is 1.98. The molecule has 15 heavy (non-hydrogen) atoms. The summed E-state index contributed by atoms with van der Waals surface area (Å²) >= 11 is 0. The highest BCUT2D eigenvalue weighted by atomic mass is 19.3. The van der Waals surface area contributed by atoms with Crippen molar-refractivity contribution < 1.29 is 18.3 Å². The van der Waals surface area contributed by atoms with Crippen LogP contribution in [0.15, 0.2) is 0 Å². The Kier molecular flexibility index (Phi) is 8.79. The van der Waals surface area contributed by atoms with Crippen molar-refractivity contribution in [2.75, 3.05) is 19.8 Å². The van der Waals surface area contributed by atoms with E-state index < -0.39 is 13.0 Å². The second-order valence-corrected chi connectivity index (χ2v) is 3.50. The number of ether oxygens (including phenoxy) is 2. The molecular weight excluding hydrogens is 206 g/mol. The number of nitrogens with one attached hydrogen (secondary N) is 1. The summed E-state index contributed by atoms with van der Waals surface area (Å²) in [5.74, 6) is 5.27. The van der Waals surface area contributed by atoms with Crippen LogP contribution in [0.1, 0.15) is 20.3 Å². The van der Waals surface area contributed by atoms with E-state index in [2.05, 4.69) is 5.43 Å². The van der Waals surface area contributed by atoms with Gasteiger partial charge in [0.15, 0.2) is 0 Å². The standard InChI is InChI=1S/C9H20F2N2O2/c1-7(2)15-5-8(13-12)3-4-14-6-9(10)11/h7-9,13H,3-6,12H2,1-2H3. The summed E-state index contributed by atoms with van der Waals surface area (Å²) in [5.41, 5.74) is 2.55. The molecule has 0 aromatic rings. The summed E-state index contributed by atoms with van der Waals surface area (Å²) in [6.45, 7) is 4.01. The molecule has 1 atom stereocenters. The Labute approximate surface area is 89.1 Å². The van der Waals surface area contributed by atoms with Crippen molar-refractivity contribution >= 4 is 0 Å². The first-order valence-electron chi connectivity index (χ1n) is 4.99. The molecule has 0 aliphatic rings. The first kappa shape index (κ1) is 14.7. The molecule has 0 radical (unpaired) electrons. The van der Waals surface area contributed by atoms with Crippen LogP contribution in [0.5, 0.6) is 0 Å². The minimum absolute atomic E-state index is 0.0647. The maximum absolute atomic E-state index is 11.7. The monoisotopic (exact) mass is 226 g/mol. The van der Waals surface area contributed by atoms with E-state index in [0.29, 0.717) is 13.0 Å². The second kappa shape index (κ2) is 8.96. The summed E-state index contributed by atoms with van der Waals surface area (Å²) in [6, 6.07) is -0.0647. The van der Waals surface area contributed by atoms with Crippen molar-refractivity contribution in [3.63, 3.8) is 0 Å². The van der Waals surface area contributed by atoms with Crippen LogP contribution in [-0.2, 0) is 9.47 Å². The average molecular weight is 226 g/mol. The van der Waals surface area contributed by atoms with Crippen LogP contribution in [0.25, 0.3) is 0 Å².